The number of anilines is 1. The Morgan fingerprint density at radius 2 is 2.20 bits per heavy atom. The van der Waals surface area contributed by atoms with E-state index in [-0.39, 0.29) is 18.2 Å². The van der Waals surface area contributed by atoms with Crippen molar-refractivity contribution in [3.8, 4) is 5.75 Å². The van der Waals surface area contributed by atoms with Crippen molar-refractivity contribution in [2.45, 2.75) is 13.3 Å². The Kier molecular flexibility index (Phi) is 5.45. The number of carbonyl (C=O) groups is 2. The summed E-state index contributed by atoms with van der Waals surface area (Å²) < 4.78 is 5.40. The van der Waals surface area contributed by atoms with E-state index in [1.54, 1.807) is 11.1 Å². The predicted octanol–water partition coefficient (Wildman–Crippen LogP) is 2.65. The first-order valence-electron chi connectivity index (χ1n) is 8.07. The van der Waals surface area contributed by atoms with Crippen LogP contribution in [0.3, 0.4) is 0 Å². The summed E-state index contributed by atoms with van der Waals surface area (Å²) in [5, 5.41) is 5.89. The van der Waals surface area contributed by atoms with E-state index in [0.29, 0.717) is 13.2 Å². The zero-order chi connectivity index (χ0) is 17.6. The molecule has 2 amide bonds. The molecule has 1 N–H and O–H groups in total. The first-order valence-corrected chi connectivity index (χ1v) is 8.95. The Morgan fingerprint density at radius 3 is 2.88 bits per heavy atom. The van der Waals surface area contributed by atoms with Crippen LogP contribution in [0.4, 0.5) is 5.69 Å². The number of hydrazone groups is 1. The molecule has 6 nitrogen and oxygen atoms in total. The Labute approximate surface area is 150 Å². The molecular weight excluding hydrogens is 338 g/mol. The van der Waals surface area contributed by atoms with Gasteiger partial charge in [-0.25, -0.2) is 5.43 Å². The number of rotatable bonds is 6. The smallest absolute Gasteiger partial charge is 0.245 e. The monoisotopic (exact) mass is 357 g/mol. The molecular formula is C18H19N3O3S. The molecule has 25 heavy (non-hydrogen) atoms. The summed E-state index contributed by atoms with van der Waals surface area (Å²) >= 11 is 1.54. The zero-order valence-electron chi connectivity index (χ0n) is 13.8. The second-order valence-electron chi connectivity index (χ2n) is 5.58. The first kappa shape index (κ1) is 17.2. The highest BCUT2D eigenvalue weighted by Gasteiger charge is 2.35. The van der Waals surface area contributed by atoms with Crippen LogP contribution in [0.2, 0.25) is 0 Å². The van der Waals surface area contributed by atoms with Crippen LogP contribution >= 0.6 is 11.3 Å². The minimum Gasteiger partial charge on any atom is -0.494 e. The van der Waals surface area contributed by atoms with Gasteiger partial charge in [-0.1, -0.05) is 6.07 Å². The van der Waals surface area contributed by atoms with Gasteiger partial charge < -0.3 is 9.64 Å². The summed E-state index contributed by atoms with van der Waals surface area (Å²) in [6.07, 6.45) is 1.79. The maximum Gasteiger partial charge on any atom is 0.245 e. The SMILES string of the molecule is CCOc1ccc(N2C[C@H](C(=O)N/N=C\c3cccs3)CC2=O)cc1. The Bertz CT molecular complexity index is 756. The van der Waals surface area contributed by atoms with Gasteiger partial charge in [-0.3, -0.25) is 9.59 Å². The maximum absolute atomic E-state index is 12.2. The standard InChI is InChI=1S/C18H19N3O3S/c1-2-24-15-7-5-14(6-8-15)21-12-13(10-17(21)22)18(23)20-19-11-16-4-3-9-25-16/h3-9,11,13H,2,10,12H2,1H3,(H,20,23)/b19-11-/t13-/m1/s1. The van der Waals surface area contributed by atoms with Gasteiger partial charge >= 0.3 is 0 Å². The summed E-state index contributed by atoms with van der Waals surface area (Å²) in [7, 11) is 0. The van der Waals surface area contributed by atoms with Crippen LogP contribution in [0.25, 0.3) is 0 Å². The van der Waals surface area contributed by atoms with Crippen molar-refractivity contribution in [2.75, 3.05) is 18.1 Å². The molecule has 1 aromatic carbocycles. The van der Waals surface area contributed by atoms with Crippen LogP contribution in [-0.2, 0) is 9.59 Å². The van der Waals surface area contributed by atoms with E-state index >= 15 is 0 Å². The second-order valence-corrected chi connectivity index (χ2v) is 6.56. The lowest BCUT2D eigenvalue weighted by molar-refractivity contribution is -0.126. The fourth-order valence-electron chi connectivity index (χ4n) is 2.64. The minimum atomic E-state index is -0.403. The van der Waals surface area contributed by atoms with Crippen molar-refractivity contribution in [2.24, 2.45) is 11.0 Å². The largest absolute Gasteiger partial charge is 0.494 e. The number of thiophene rings is 1. The van der Waals surface area contributed by atoms with Crippen molar-refractivity contribution in [3.05, 3.63) is 46.7 Å². The summed E-state index contributed by atoms with van der Waals surface area (Å²) in [5.41, 5.74) is 3.29. The van der Waals surface area contributed by atoms with Gasteiger partial charge in [-0.2, -0.15) is 5.10 Å². The molecule has 3 rings (SSSR count). The summed E-state index contributed by atoms with van der Waals surface area (Å²) in [6.45, 7) is 2.87. The van der Waals surface area contributed by atoms with Crippen molar-refractivity contribution in [3.63, 3.8) is 0 Å². The van der Waals surface area contributed by atoms with Crippen LogP contribution in [0.5, 0.6) is 5.75 Å². The van der Waals surface area contributed by atoms with E-state index in [2.05, 4.69) is 10.5 Å². The average Bonchev–Trinajstić information content (AvgIpc) is 3.26. The van der Waals surface area contributed by atoms with Gasteiger partial charge in [0.15, 0.2) is 0 Å². The van der Waals surface area contributed by atoms with Gasteiger partial charge in [-0.15, -0.1) is 11.3 Å². The second kappa shape index (κ2) is 7.94. The molecule has 1 aromatic heterocycles. The molecule has 2 aromatic rings. The lowest BCUT2D eigenvalue weighted by Gasteiger charge is -2.17. The number of carbonyl (C=O) groups excluding carboxylic acids is 2. The maximum atomic E-state index is 12.2. The van der Waals surface area contributed by atoms with Crippen molar-refractivity contribution in [1.82, 2.24) is 5.43 Å². The van der Waals surface area contributed by atoms with E-state index in [4.69, 9.17) is 4.74 Å². The third-order valence-corrected chi connectivity index (χ3v) is 4.67. The Hall–Kier alpha value is -2.67. The molecule has 1 saturated heterocycles. The number of benzene rings is 1. The summed E-state index contributed by atoms with van der Waals surface area (Å²) in [6, 6.07) is 11.1. The third-order valence-electron chi connectivity index (χ3n) is 3.86. The average molecular weight is 357 g/mol. The number of hydrogen-bond acceptors (Lipinski definition) is 5. The van der Waals surface area contributed by atoms with Gasteiger partial charge in [0.2, 0.25) is 11.8 Å². The van der Waals surface area contributed by atoms with Gasteiger partial charge in [0.1, 0.15) is 5.75 Å². The van der Waals surface area contributed by atoms with Gasteiger partial charge in [0.25, 0.3) is 0 Å². The number of nitrogens with one attached hydrogen (secondary N) is 1. The van der Waals surface area contributed by atoms with Crippen molar-refractivity contribution in [1.29, 1.82) is 0 Å². The molecule has 7 heteroatoms. The number of ether oxygens (including phenoxy) is 1. The molecule has 130 valence electrons. The number of hydrogen-bond donors (Lipinski definition) is 1. The molecule has 0 saturated carbocycles. The number of nitrogens with zero attached hydrogens (tertiary/aromatic N) is 2. The summed E-state index contributed by atoms with van der Waals surface area (Å²) in [5.74, 6) is 0.0517. The molecule has 0 unspecified atom stereocenters. The minimum absolute atomic E-state index is 0.0634. The molecule has 1 aliphatic rings. The van der Waals surface area contributed by atoms with Gasteiger partial charge in [0.05, 0.1) is 18.7 Å². The van der Waals surface area contributed by atoms with Gasteiger partial charge in [-0.05, 0) is 42.6 Å². The molecule has 1 atom stereocenters. The molecule has 0 aliphatic carbocycles. The Balaban J connectivity index is 1.58. The van der Waals surface area contributed by atoms with E-state index in [0.717, 1.165) is 16.3 Å². The fourth-order valence-corrected chi connectivity index (χ4v) is 3.22. The van der Waals surface area contributed by atoms with Crippen molar-refractivity contribution < 1.29 is 14.3 Å². The van der Waals surface area contributed by atoms with E-state index in [9.17, 15) is 9.59 Å². The van der Waals surface area contributed by atoms with Crippen LogP contribution in [-0.4, -0.2) is 31.2 Å². The highest BCUT2D eigenvalue weighted by molar-refractivity contribution is 7.11. The topological polar surface area (TPSA) is 71.0 Å². The predicted molar refractivity (Wildman–Crippen MR) is 98.1 cm³/mol. The van der Waals surface area contributed by atoms with Gasteiger partial charge in [0, 0.05) is 23.5 Å². The highest BCUT2D eigenvalue weighted by atomic mass is 32.1. The number of amides is 2. The zero-order valence-corrected chi connectivity index (χ0v) is 14.7. The van der Waals surface area contributed by atoms with Crippen LogP contribution in [0.15, 0.2) is 46.9 Å². The lowest BCUT2D eigenvalue weighted by atomic mass is 10.1. The van der Waals surface area contributed by atoms with E-state index in [1.807, 2.05) is 48.7 Å². The molecule has 0 spiro atoms. The fraction of sp³-hybridized carbons (Fsp3) is 0.278. The summed E-state index contributed by atoms with van der Waals surface area (Å²) in [4.78, 5) is 27.0. The van der Waals surface area contributed by atoms with Crippen LogP contribution in [0.1, 0.15) is 18.2 Å². The van der Waals surface area contributed by atoms with Crippen molar-refractivity contribution >= 4 is 35.1 Å². The molecule has 0 bridgehead atoms. The third kappa shape index (κ3) is 4.24. The molecule has 2 heterocycles. The van der Waals surface area contributed by atoms with E-state index in [1.165, 1.54) is 11.3 Å². The molecule has 0 radical (unpaired) electrons. The van der Waals surface area contributed by atoms with Crippen LogP contribution in [0, 0.1) is 5.92 Å². The first-order chi connectivity index (χ1) is 12.2. The molecule has 1 aliphatic heterocycles. The van der Waals surface area contributed by atoms with Crippen LogP contribution < -0.4 is 15.1 Å². The molecule has 1 fully saturated rings. The quantitative estimate of drug-likeness (QED) is 0.638. The Morgan fingerprint density at radius 1 is 1.40 bits per heavy atom. The normalized spacial score (nSPS) is 17.2. The van der Waals surface area contributed by atoms with E-state index < -0.39 is 5.92 Å². The highest BCUT2D eigenvalue weighted by Crippen LogP contribution is 2.27. The lowest BCUT2D eigenvalue weighted by Crippen LogP contribution is -2.30.